The van der Waals surface area contributed by atoms with Crippen LogP contribution in [0.3, 0.4) is 0 Å². The first-order valence-corrected chi connectivity index (χ1v) is 9.47. The highest BCUT2D eigenvalue weighted by Crippen LogP contribution is 2.36. The second-order valence-corrected chi connectivity index (χ2v) is 8.59. The maximum absolute atomic E-state index is 12.3. The van der Waals surface area contributed by atoms with Crippen LogP contribution in [0.5, 0.6) is 0 Å². The van der Waals surface area contributed by atoms with Gasteiger partial charge in [-0.05, 0) is 49.4 Å². The van der Waals surface area contributed by atoms with Gasteiger partial charge < -0.3 is 5.32 Å². The Balaban J connectivity index is 1.62. The van der Waals surface area contributed by atoms with Gasteiger partial charge in [-0.1, -0.05) is 15.9 Å². The number of carbonyl (C=O) groups is 2. The first-order chi connectivity index (χ1) is 10.8. The van der Waals surface area contributed by atoms with Crippen LogP contribution in [-0.2, 0) is 14.8 Å². The van der Waals surface area contributed by atoms with E-state index in [0.717, 1.165) is 4.47 Å². The number of rotatable bonds is 4. The van der Waals surface area contributed by atoms with Crippen molar-refractivity contribution >= 4 is 37.9 Å². The summed E-state index contributed by atoms with van der Waals surface area (Å²) in [6.45, 7) is 0.239. The first kappa shape index (κ1) is 16.4. The van der Waals surface area contributed by atoms with Crippen LogP contribution in [0.2, 0.25) is 0 Å². The summed E-state index contributed by atoms with van der Waals surface area (Å²) >= 11 is 3.26. The third-order valence-electron chi connectivity index (χ3n) is 4.32. The Morgan fingerprint density at radius 1 is 1.26 bits per heavy atom. The first-order valence-electron chi connectivity index (χ1n) is 7.20. The van der Waals surface area contributed by atoms with Crippen molar-refractivity contribution in [3.63, 3.8) is 0 Å². The molecule has 0 aromatic heterocycles. The zero-order valence-electron chi connectivity index (χ0n) is 12.1. The van der Waals surface area contributed by atoms with Crippen LogP contribution in [0.25, 0.3) is 0 Å². The van der Waals surface area contributed by atoms with Gasteiger partial charge in [0.2, 0.25) is 10.0 Å². The lowest BCUT2D eigenvalue weighted by Crippen LogP contribution is -2.44. The van der Waals surface area contributed by atoms with Crippen molar-refractivity contribution in [1.82, 2.24) is 15.4 Å². The summed E-state index contributed by atoms with van der Waals surface area (Å²) in [5.74, 6) is -0.315. The van der Waals surface area contributed by atoms with Gasteiger partial charge in [-0.3, -0.25) is 10.1 Å². The molecule has 1 aromatic carbocycles. The lowest BCUT2D eigenvalue weighted by atomic mass is 9.96. The SMILES string of the molecule is O=C1NC(=O)C2(CCC(CNS(=O)(=O)c3ccc(Br)cc3)C2)N1. The Hall–Kier alpha value is -1.45. The number of benzene rings is 1. The van der Waals surface area contributed by atoms with Crippen molar-refractivity contribution in [3.8, 4) is 0 Å². The highest BCUT2D eigenvalue weighted by atomic mass is 79.9. The molecular weight excluding hydrogens is 386 g/mol. The summed E-state index contributed by atoms with van der Waals surface area (Å²) in [5, 5.41) is 4.90. The van der Waals surface area contributed by atoms with Crippen LogP contribution in [0, 0.1) is 5.92 Å². The Morgan fingerprint density at radius 2 is 1.96 bits per heavy atom. The summed E-state index contributed by atoms with van der Waals surface area (Å²) in [5.41, 5.74) is -0.870. The van der Waals surface area contributed by atoms with Gasteiger partial charge in [0.1, 0.15) is 5.54 Å². The molecule has 7 nitrogen and oxygen atoms in total. The van der Waals surface area contributed by atoms with E-state index >= 15 is 0 Å². The van der Waals surface area contributed by atoms with Crippen LogP contribution in [0.1, 0.15) is 19.3 Å². The highest BCUT2D eigenvalue weighted by Gasteiger charge is 2.50. The van der Waals surface area contributed by atoms with Gasteiger partial charge in [0.05, 0.1) is 4.90 Å². The summed E-state index contributed by atoms with van der Waals surface area (Å²) in [4.78, 5) is 23.4. The van der Waals surface area contributed by atoms with Gasteiger partial charge in [0.25, 0.3) is 5.91 Å². The minimum absolute atomic E-state index is 0.00405. The molecule has 3 rings (SSSR count). The zero-order valence-corrected chi connectivity index (χ0v) is 14.5. The molecule has 3 amide bonds. The number of urea groups is 1. The van der Waals surface area contributed by atoms with Crippen LogP contribution in [-0.4, -0.2) is 32.4 Å². The predicted molar refractivity (Wildman–Crippen MR) is 86.1 cm³/mol. The molecule has 1 saturated heterocycles. The largest absolute Gasteiger partial charge is 0.323 e. The number of carbonyl (C=O) groups excluding carboxylic acids is 2. The Morgan fingerprint density at radius 3 is 2.57 bits per heavy atom. The molecule has 23 heavy (non-hydrogen) atoms. The maximum Gasteiger partial charge on any atom is 0.322 e. The lowest BCUT2D eigenvalue weighted by molar-refractivity contribution is -0.123. The lowest BCUT2D eigenvalue weighted by Gasteiger charge is -2.19. The van der Waals surface area contributed by atoms with Crippen molar-refractivity contribution in [2.75, 3.05) is 6.54 Å². The number of hydrogen-bond acceptors (Lipinski definition) is 4. The predicted octanol–water partition coefficient (Wildman–Crippen LogP) is 1.11. The molecule has 0 bridgehead atoms. The van der Waals surface area contributed by atoms with Crippen molar-refractivity contribution in [2.24, 2.45) is 5.92 Å². The fourth-order valence-corrected chi connectivity index (χ4v) is 4.47. The van der Waals surface area contributed by atoms with Crippen LogP contribution >= 0.6 is 15.9 Å². The van der Waals surface area contributed by atoms with Gasteiger partial charge in [0.15, 0.2) is 0 Å². The molecule has 2 aliphatic rings. The fourth-order valence-electron chi connectivity index (χ4n) is 3.09. The molecule has 2 unspecified atom stereocenters. The number of amides is 3. The van der Waals surface area contributed by atoms with Gasteiger partial charge in [-0.15, -0.1) is 0 Å². The van der Waals surface area contributed by atoms with E-state index in [1.807, 2.05) is 0 Å². The van der Waals surface area contributed by atoms with E-state index in [-0.39, 0.29) is 23.3 Å². The Kier molecular flexibility index (Phi) is 4.19. The smallest absolute Gasteiger partial charge is 0.322 e. The molecule has 2 atom stereocenters. The molecule has 1 saturated carbocycles. The van der Waals surface area contributed by atoms with Crippen molar-refractivity contribution in [3.05, 3.63) is 28.7 Å². The second kappa shape index (κ2) is 5.88. The molecule has 1 aromatic rings. The summed E-state index contributed by atoms with van der Waals surface area (Å²) in [6.07, 6.45) is 1.64. The number of nitrogens with one attached hydrogen (secondary N) is 3. The van der Waals surface area contributed by atoms with Crippen LogP contribution < -0.4 is 15.4 Å². The minimum Gasteiger partial charge on any atom is -0.323 e. The third-order valence-corrected chi connectivity index (χ3v) is 6.29. The summed E-state index contributed by atoms with van der Waals surface area (Å²) in [6, 6.07) is 5.89. The van der Waals surface area contributed by atoms with Crippen LogP contribution in [0.4, 0.5) is 4.79 Å². The molecule has 9 heteroatoms. The van der Waals surface area contributed by atoms with Crippen molar-refractivity contribution in [2.45, 2.75) is 29.7 Å². The summed E-state index contributed by atoms with van der Waals surface area (Å²) in [7, 11) is -3.58. The van der Waals surface area contributed by atoms with Crippen molar-refractivity contribution in [1.29, 1.82) is 0 Å². The molecule has 2 fully saturated rings. The monoisotopic (exact) mass is 401 g/mol. The molecule has 1 aliphatic carbocycles. The van der Waals surface area contributed by atoms with E-state index in [9.17, 15) is 18.0 Å². The average molecular weight is 402 g/mol. The molecule has 0 radical (unpaired) electrons. The van der Waals surface area contributed by atoms with Gasteiger partial charge >= 0.3 is 6.03 Å². The molecule has 1 spiro atoms. The average Bonchev–Trinajstić information content (AvgIpc) is 3.01. The normalized spacial score (nSPS) is 27.3. The topological polar surface area (TPSA) is 104 Å². The quantitative estimate of drug-likeness (QED) is 0.657. The molecule has 1 aliphatic heterocycles. The fraction of sp³-hybridized carbons (Fsp3) is 0.429. The van der Waals surface area contributed by atoms with E-state index < -0.39 is 21.6 Å². The Bertz CT molecular complexity index is 750. The zero-order chi connectivity index (χ0) is 16.7. The second-order valence-electron chi connectivity index (χ2n) is 5.90. The molecule has 124 valence electrons. The number of sulfonamides is 1. The van der Waals surface area contributed by atoms with E-state index in [0.29, 0.717) is 19.3 Å². The highest BCUT2D eigenvalue weighted by molar-refractivity contribution is 9.10. The van der Waals surface area contributed by atoms with E-state index in [1.165, 1.54) is 12.1 Å². The van der Waals surface area contributed by atoms with Gasteiger partial charge in [-0.2, -0.15) is 0 Å². The Labute approximate surface area is 142 Å². The minimum atomic E-state index is -3.58. The number of halogens is 1. The van der Waals surface area contributed by atoms with Crippen molar-refractivity contribution < 1.29 is 18.0 Å². The van der Waals surface area contributed by atoms with Gasteiger partial charge in [-0.25, -0.2) is 17.9 Å². The van der Waals surface area contributed by atoms with Crippen LogP contribution in [0.15, 0.2) is 33.6 Å². The summed E-state index contributed by atoms with van der Waals surface area (Å²) < 4.78 is 27.9. The molecule has 1 heterocycles. The number of imide groups is 1. The standard InChI is InChI=1S/C14H16BrN3O4S/c15-10-1-3-11(4-2-10)23(21,22)16-8-9-5-6-14(7-9)12(19)17-13(20)18-14/h1-4,9,16H,5-8H2,(H2,17,18,19,20). The molecular formula is C14H16BrN3O4S. The van der Waals surface area contributed by atoms with Gasteiger partial charge in [0, 0.05) is 11.0 Å². The van der Waals surface area contributed by atoms with E-state index in [2.05, 4.69) is 31.3 Å². The number of hydrogen-bond donors (Lipinski definition) is 3. The van der Waals surface area contributed by atoms with E-state index in [1.54, 1.807) is 12.1 Å². The maximum atomic E-state index is 12.3. The third kappa shape index (κ3) is 3.26. The van der Waals surface area contributed by atoms with E-state index in [4.69, 9.17) is 0 Å². The molecule has 3 N–H and O–H groups in total.